The number of nitriles is 1. The summed E-state index contributed by atoms with van der Waals surface area (Å²) in [6.07, 6.45) is 3.59. The lowest BCUT2D eigenvalue weighted by Gasteiger charge is -2.32. The van der Waals surface area contributed by atoms with E-state index in [4.69, 9.17) is 0 Å². The Labute approximate surface area is 173 Å². The van der Waals surface area contributed by atoms with Gasteiger partial charge in [0.05, 0.1) is 27.6 Å². The molecular weight excluding hydrogens is 384 g/mol. The van der Waals surface area contributed by atoms with Crippen LogP contribution in [0.4, 0.5) is 23.1 Å². The van der Waals surface area contributed by atoms with Crippen LogP contribution < -0.4 is 15.5 Å². The SMILES string of the molecule is N#Cc1cc(Nc2nc(NC3CC3)c3sccc3n2)ccc1N1CCC(O)CC1. The first-order valence-corrected chi connectivity index (χ1v) is 10.8. The molecular formula is C21H22N6OS. The summed E-state index contributed by atoms with van der Waals surface area (Å²) in [6.45, 7) is 1.52. The number of benzene rings is 1. The van der Waals surface area contributed by atoms with Crippen LogP contribution >= 0.6 is 11.3 Å². The molecule has 1 aromatic carbocycles. The van der Waals surface area contributed by atoms with E-state index in [1.807, 2.05) is 29.6 Å². The quantitative estimate of drug-likeness (QED) is 0.592. The molecule has 2 aromatic heterocycles. The topological polar surface area (TPSA) is 97.1 Å². The highest BCUT2D eigenvalue weighted by Gasteiger charge is 2.23. The van der Waals surface area contributed by atoms with Gasteiger partial charge in [0.2, 0.25) is 5.95 Å². The Morgan fingerprint density at radius 2 is 1.97 bits per heavy atom. The Bertz CT molecular complexity index is 1080. The van der Waals surface area contributed by atoms with Crippen LogP contribution in [0.5, 0.6) is 0 Å². The van der Waals surface area contributed by atoms with Gasteiger partial charge in [-0.15, -0.1) is 11.3 Å². The Morgan fingerprint density at radius 1 is 1.14 bits per heavy atom. The Balaban J connectivity index is 1.41. The van der Waals surface area contributed by atoms with Gasteiger partial charge in [-0.1, -0.05) is 0 Å². The van der Waals surface area contributed by atoms with E-state index in [0.29, 0.717) is 17.6 Å². The average Bonchev–Trinajstić information content (AvgIpc) is 3.42. The van der Waals surface area contributed by atoms with Crippen molar-refractivity contribution < 1.29 is 5.11 Å². The van der Waals surface area contributed by atoms with Gasteiger partial charge in [0.15, 0.2) is 0 Å². The summed E-state index contributed by atoms with van der Waals surface area (Å²) in [5.74, 6) is 1.40. The third kappa shape index (κ3) is 3.84. The van der Waals surface area contributed by atoms with Crippen LogP contribution in [-0.4, -0.2) is 40.3 Å². The molecule has 1 saturated heterocycles. The molecule has 1 aliphatic carbocycles. The molecule has 7 nitrogen and oxygen atoms in total. The summed E-state index contributed by atoms with van der Waals surface area (Å²) < 4.78 is 1.07. The van der Waals surface area contributed by atoms with Crippen molar-refractivity contribution in [3.63, 3.8) is 0 Å². The van der Waals surface area contributed by atoms with Crippen LogP contribution in [0, 0.1) is 11.3 Å². The van der Waals surface area contributed by atoms with Crippen molar-refractivity contribution >= 4 is 44.7 Å². The van der Waals surface area contributed by atoms with E-state index in [1.165, 1.54) is 12.8 Å². The number of aliphatic hydroxyl groups is 1. The number of thiophene rings is 1. The Morgan fingerprint density at radius 3 is 2.72 bits per heavy atom. The monoisotopic (exact) mass is 406 g/mol. The highest BCUT2D eigenvalue weighted by Crippen LogP contribution is 2.33. The van der Waals surface area contributed by atoms with Crippen molar-refractivity contribution in [2.24, 2.45) is 0 Å². The maximum atomic E-state index is 9.73. The van der Waals surface area contributed by atoms with Crippen LogP contribution in [-0.2, 0) is 0 Å². The van der Waals surface area contributed by atoms with Crippen molar-refractivity contribution in [1.82, 2.24) is 9.97 Å². The number of nitrogens with zero attached hydrogens (tertiary/aromatic N) is 4. The lowest BCUT2D eigenvalue weighted by Crippen LogP contribution is -2.36. The number of nitrogens with one attached hydrogen (secondary N) is 2. The third-order valence-corrected chi connectivity index (χ3v) is 6.31. The molecule has 1 saturated carbocycles. The number of rotatable bonds is 5. The van der Waals surface area contributed by atoms with Crippen LogP contribution in [0.2, 0.25) is 0 Å². The van der Waals surface area contributed by atoms with E-state index in [2.05, 4.69) is 31.6 Å². The van der Waals surface area contributed by atoms with E-state index >= 15 is 0 Å². The molecule has 3 aromatic rings. The average molecular weight is 407 g/mol. The van der Waals surface area contributed by atoms with Gasteiger partial charge in [0.25, 0.3) is 0 Å². The zero-order valence-corrected chi connectivity index (χ0v) is 16.7. The summed E-state index contributed by atoms with van der Waals surface area (Å²) in [5.41, 5.74) is 3.23. The first-order chi connectivity index (χ1) is 14.2. The summed E-state index contributed by atoms with van der Waals surface area (Å²) in [7, 11) is 0. The molecule has 1 aliphatic heterocycles. The lowest BCUT2D eigenvalue weighted by molar-refractivity contribution is 0.145. The maximum Gasteiger partial charge on any atom is 0.229 e. The standard InChI is InChI=1S/C21H22N6OS/c22-12-13-11-15(3-4-18(13)27-8-5-16(28)6-9-27)24-21-25-17-7-10-29-19(17)20(26-21)23-14-1-2-14/h3-4,7,10-11,14,16,28H,1-2,5-6,8-9H2,(H2,23,24,25,26). The number of anilines is 4. The second-order valence-electron chi connectivity index (χ2n) is 7.64. The highest BCUT2D eigenvalue weighted by atomic mass is 32.1. The maximum absolute atomic E-state index is 9.73. The number of hydrogen-bond acceptors (Lipinski definition) is 8. The molecule has 3 heterocycles. The van der Waals surface area contributed by atoms with Crippen LogP contribution in [0.1, 0.15) is 31.2 Å². The van der Waals surface area contributed by atoms with Gasteiger partial charge in [-0.05, 0) is 55.3 Å². The minimum absolute atomic E-state index is 0.236. The lowest BCUT2D eigenvalue weighted by atomic mass is 10.1. The third-order valence-electron chi connectivity index (χ3n) is 5.40. The van der Waals surface area contributed by atoms with E-state index < -0.39 is 0 Å². The molecule has 0 atom stereocenters. The highest BCUT2D eigenvalue weighted by molar-refractivity contribution is 7.17. The summed E-state index contributed by atoms with van der Waals surface area (Å²) in [6, 6.07) is 10.6. The van der Waals surface area contributed by atoms with Gasteiger partial charge in [0.1, 0.15) is 11.9 Å². The van der Waals surface area contributed by atoms with Gasteiger partial charge >= 0.3 is 0 Å². The molecule has 5 rings (SSSR count). The molecule has 0 unspecified atom stereocenters. The van der Waals surface area contributed by atoms with Crippen LogP contribution in [0.15, 0.2) is 29.6 Å². The van der Waals surface area contributed by atoms with E-state index in [0.717, 1.165) is 53.3 Å². The van der Waals surface area contributed by atoms with Crippen LogP contribution in [0.25, 0.3) is 10.2 Å². The van der Waals surface area contributed by atoms with Gasteiger partial charge in [0, 0.05) is 24.8 Å². The molecule has 2 fully saturated rings. The van der Waals surface area contributed by atoms with E-state index in [-0.39, 0.29) is 6.10 Å². The minimum atomic E-state index is -0.236. The Kier molecular flexibility index (Phi) is 4.70. The second kappa shape index (κ2) is 7.50. The normalized spacial score (nSPS) is 17.3. The predicted molar refractivity (Wildman–Crippen MR) is 116 cm³/mol. The van der Waals surface area contributed by atoms with Crippen molar-refractivity contribution in [1.29, 1.82) is 5.26 Å². The zero-order chi connectivity index (χ0) is 19.8. The van der Waals surface area contributed by atoms with Gasteiger partial charge in [-0.25, -0.2) is 4.98 Å². The fourth-order valence-corrected chi connectivity index (χ4v) is 4.44. The summed E-state index contributed by atoms with van der Waals surface area (Å²) >= 11 is 1.64. The van der Waals surface area contributed by atoms with Gasteiger partial charge < -0.3 is 20.6 Å². The summed E-state index contributed by atoms with van der Waals surface area (Å²) in [4.78, 5) is 11.5. The predicted octanol–water partition coefficient (Wildman–Crippen LogP) is 3.84. The molecule has 3 N–H and O–H groups in total. The number of fused-ring (bicyclic) bond motifs is 1. The van der Waals surface area contributed by atoms with E-state index in [9.17, 15) is 10.4 Å². The molecule has 0 amide bonds. The fourth-order valence-electron chi connectivity index (χ4n) is 3.65. The van der Waals surface area contributed by atoms with Crippen LogP contribution in [0.3, 0.4) is 0 Å². The molecule has 2 aliphatic rings. The molecule has 148 valence electrons. The molecule has 8 heteroatoms. The molecule has 29 heavy (non-hydrogen) atoms. The zero-order valence-electron chi connectivity index (χ0n) is 15.9. The number of hydrogen-bond donors (Lipinski definition) is 3. The van der Waals surface area contributed by atoms with Crippen molar-refractivity contribution in [3.05, 3.63) is 35.2 Å². The number of aliphatic hydroxyl groups excluding tert-OH is 1. The number of aromatic nitrogens is 2. The smallest absolute Gasteiger partial charge is 0.229 e. The minimum Gasteiger partial charge on any atom is -0.393 e. The molecule has 0 bridgehead atoms. The number of piperidine rings is 1. The van der Waals surface area contributed by atoms with Crippen molar-refractivity contribution in [2.45, 2.75) is 37.8 Å². The largest absolute Gasteiger partial charge is 0.393 e. The second-order valence-corrected chi connectivity index (χ2v) is 8.55. The fraction of sp³-hybridized carbons (Fsp3) is 0.381. The van der Waals surface area contributed by atoms with E-state index in [1.54, 1.807) is 11.3 Å². The first kappa shape index (κ1) is 18.2. The van der Waals surface area contributed by atoms with Gasteiger partial charge in [-0.3, -0.25) is 0 Å². The molecule has 0 spiro atoms. The summed E-state index contributed by atoms with van der Waals surface area (Å²) in [5, 5.41) is 28.2. The van der Waals surface area contributed by atoms with Gasteiger partial charge in [-0.2, -0.15) is 10.2 Å². The Hall–Kier alpha value is -2.89. The molecule has 0 radical (unpaired) electrons. The van der Waals surface area contributed by atoms with Crippen molar-refractivity contribution in [3.8, 4) is 6.07 Å². The van der Waals surface area contributed by atoms with Crippen molar-refractivity contribution in [2.75, 3.05) is 28.6 Å². The first-order valence-electron chi connectivity index (χ1n) is 9.95.